The lowest BCUT2D eigenvalue weighted by Gasteiger charge is -2.08. The molecule has 1 aromatic heterocycles. The zero-order chi connectivity index (χ0) is 11.3. The summed E-state index contributed by atoms with van der Waals surface area (Å²) in [5.74, 6) is 1.15. The van der Waals surface area contributed by atoms with Gasteiger partial charge >= 0.3 is 0 Å². The van der Waals surface area contributed by atoms with Crippen LogP contribution >= 0.6 is 15.9 Å². The minimum atomic E-state index is -0.105. The zero-order valence-corrected chi connectivity index (χ0v) is 10.1. The van der Waals surface area contributed by atoms with Gasteiger partial charge in [0.25, 0.3) is 0 Å². The maximum Gasteiger partial charge on any atom is 0.239 e. The number of carbonyl (C=O) groups excluding carboxylic acids is 1. The highest BCUT2D eigenvalue weighted by Gasteiger charge is 2.07. The molecule has 0 spiro atoms. The molecule has 0 atom stereocenters. The number of hydrogen-bond acceptors (Lipinski definition) is 5. The molecule has 0 aromatic carbocycles. The molecule has 1 rings (SSSR count). The molecular formula is C8H12BrN5O. The SMILES string of the molecule is CNC(=O)CNc1ncnc(NC)c1Br. The van der Waals surface area contributed by atoms with Gasteiger partial charge in [0.2, 0.25) is 5.91 Å². The normalized spacial score (nSPS) is 9.53. The first kappa shape index (κ1) is 11.7. The van der Waals surface area contributed by atoms with Gasteiger partial charge in [0.05, 0.1) is 6.54 Å². The van der Waals surface area contributed by atoms with Crippen LogP contribution in [-0.2, 0) is 4.79 Å². The van der Waals surface area contributed by atoms with Crippen LogP contribution in [0.2, 0.25) is 0 Å². The minimum absolute atomic E-state index is 0.105. The van der Waals surface area contributed by atoms with E-state index >= 15 is 0 Å². The fourth-order valence-corrected chi connectivity index (χ4v) is 1.46. The Kier molecular flexibility index (Phi) is 4.29. The van der Waals surface area contributed by atoms with Crippen LogP contribution in [0.4, 0.5) is 11.6 Å². The highest BCUT2D eigenvalue weighted by atomic mass is 79.9. The molecule has 0 aliphatic carbocycles. The fraction of sp³-hybridized carbons (Fsp3) is 0.375. The minimum Gasteiger partial charge on any atom is -0.372 e. The maximum atomic E-state index is 11.0. The van der Waals surface area contributed by atoms with Crippen molar-refractivity contribution < 1.29 is 4.79 Å². The Morgan fingerprint density at radius 1 is 1.40 bits per heavy atom. The van der Waals surface area contributed by atoms with Crippen LogP contribution < -0.4 is 16.0 Å². The van der Waals surface area contributed by atoms with E-state index in [9.17, 15) is 4.79 Å². The van der Waals surface area contributed by atoms with Gasteiger partial charge in [-0.3, -0.25) is 4.79 Å². The van der Waals surface area contributed by atoms with Gasteiger partial charge < -0.3 is 16.0 Å². The summed E-state index contributed by atoms with van der Waals surface area (Å²) in [6.45, 7) is 0.176. The van der Waals surface area contributed by atoms with Crippen molar-refractivity contribution in [3.63, 3.8) is 0 Å². The Balaban J connectivity index is 2.73. The molecule has 1 heterocycles. The molecule has 0 aliphatic heterocycles. The van der Waals surface area contributed by atoms with Crippen molar-refractivity contribution in [3.05, 3.63) is 10.8 Å². The van der Waals surface area contributed by atoms with Crippen LogP contribution in [0.3, 0.4) is 0 Å². The molecule has 0 saturated heterocycles. The van der Waals surface area contributed by atoms with E-state index in [1.165, 1.54) is 6.33 Å². The van der Waals surface area contributed by atoms with Crippen LogP contribution in [0.15, 0.2) is 10.8 Å². The highest BCUT2D eigenvalue weighted by molar-refractivity contribution is 9.10. The van der Waals surface area contributed by atoms with Crippen LogP contribution in [0.25, 0.3) is 0 Å². The van der Waals surface area contributed by atoms with E-state index in [2.05, 4.69) is 41.8 Å². The molecule has 0 radical (unpaired) electrons. The van der Waals surface area contributed by atoms with E-state index in [0.717, 1.165) is 0 Å². The van der Waals surface area contributed by atoms with Gasteiger partial charge in [-0.15, -0.1) is 0 Å². The van der Waals surface area contributed by atoms with Crippen molar-refractivity contribution in [3.8, 4) is 0 Å². The number of halogens is 1. The van der Waals surface area contributed by atoms with Gasteiger partial charge in [0, 0.05) is 14.1 Å². The molecule has 0 fully saturated rings. The second-order valence-electron chi connectivity index (χ2n) is 2.66. The molecule has 0 unspecified atom stereocenters. The number of anilines is 2. The number of rotatable bonds is 4. The van der Waals surface area contributed by atoms with Gasteiger partial charge in [-0.1, -0.05) is 0 Å². The second kappa shape index (κ2) is 5.50. The van der Waals surface area contributed by atoms with Gasteiger partial charge in [-0.2, -0.15) is 0 Å². The molecule has 0 bridgehead atoms. The quantitative estimate of drug-likeness (QED) is 0.742. The van der Waals surface area contributed by atoms with Crippen molar-refractivity contribution >= 4 is 33.5 Å². The fourth-order valence-electron chi connectivity index (χ4n) is 0.920. The largest absolute Gasteiger partial charge is 0.372 e. The monoisotopic (exact) mass is 273 g/mol. The summed E-state index contributed by atoms with van der Waals surface area (Å²) in [4.78, 5) is 19.0. The lowest BCUT2D eigenvalue weighted by Crippen LogP contribution is -2.26. The third kappa shape index (κ3) is 3.05. The molecule has 0 aliphatic rings. The van der Waals surface area contributed by atoms with Crippen molar-refractivity contribution in [2.75, 3.05) is 31.3 Å². The van der Waals surface area contributed by atoms with E-state index in [1.807, 2.05) is 0 Å². The smallest absolute Gasteiger partial charge is 0.239 e. The molecule has 1 amide bonds. The Bertz CT molecular complexity index is 357. The van der Waals surface area contributed by atoms with Crippen LogP contribution in [0.1, 0.15) is 0 Å². The Morgan fingerprint density at radius 3 is 2.67 bits per heavy atom. The van der Waals surface area contributed by atoms with Gasteiger partial charge in [-0.05, 0) is 15.9 Å². The number of nitrogens with one attached hydrogen (secondary N) is 3. The number of carbonyl (C=O) groups is 1. The summed E-state index contributed by atoms with van der Waals surface area (Å²) in [6, 6.07) is 0. The van der Waals surface area contributed by atoms with Crippen molar-refractivity contribution in [2.24, 2.45) is 0 Å². The number of likely N-dealkylation sites (N-methyl/N-ethyl adjacent to an activating group) is 1. The summed E-state index contributed by atoms with van der Waals surface area (Å²) in [6.07, 6.45) is 1.42. The summed E-state index contributed by atoms with van der Waals surface area (Å²) in [5, 5.41) is 8.29. The van der Waals surface area contributed by atoms with Gasteiger partial charge in [-0.25, -0.2) is 9.97 Å². The van der Waals surface area contributed by atoms with E-state index < -0.39 is 0 Å². The molecule has 0 saturated carbocycles. The van der Waals surface area contributed by atoms with Crippen LogP contribution in [0, 0.1) is 0 Å². The van der Waals surface area contributed by atoms with Gasteiger partial charge in [0.15, 0.2) is 0 Å². The first-order chi connectivity index (χ1) is 7.19. The number of aromatic nitrogens is 2. The Morgan fingerprint density at radius 2 is 2.07 bits per heavy atom. The molecule has 82 valence electrons. The van der Waals surface area contributed by atoms with Crippen LogP contribution in [-0.4, -0.2) is 36.5 Å². The van der Waals surface area contributed by atoms with E-state index in [1.54, 1.807) is 14.1 Å². The van der Waals surface area contributed by atoms with Crippen molar-refractivity contribution in [2.45, 2.75) is 0 Å². The summed E-state index contributed by atoms with van der Waals surface area (Å²) in [5.41, 5.74) is 0. The zero-order valence-electron chi connectivity index (χ0n) is 8.47. The maximum absolute atomic E-state index is 11.0. The van der Waals surface area contributed by atoms with Crippen molar-refractivity contribution in [1.29, 1.82) is 0 Å². The van der Waals surface area contributed by atoms with Crippen molar-refractivity contribution in [1.82, 2.24) is 15.3 Å². The topological polar surface area (TPSA) is 78.9 Å². The van der Waals surface area contributed by atoms with E-state index in [4.69, 9.17) is 0 Å². The average Bonchev–Trinajstić information content (AvgIpc) is 2.27. The summed E-state index contributed by atoms with van der Waals surface area (Å²) >= 11 is 3.33. The molecule has 7 heteroatoms. The number of amides is 1. The molecule has 1 aromatic rings. The predicted octanol–water partition coefficient (Wildman–Crippen LogP) is 0.439. The lowest BCUT2D eigenvalue weighted by molar-refractivity contribution is -0.118. The number of hydrogen-bond donors (Lipinski definition) is 3. The Hall–Kier alpha value is -1.37. The number of nitrogens with zero attached hydrogens (tertiary/aromatic N) is 2. The first-order valence-corrected chi connectivity index (χ1v) is 5.11. The molecular weight excluding hydrogens is 262 g/mol. The summed E-state index contributed by atoms with van der Waals surface area (Å²) < 4.78 is 0.705. The third-order valence-corrected chi connectivity index (χ3v) is 2.47. The predicted molar refractivity (Wildman–Crippen MR) is 61.8 cm³/mol. The Labute approximate surface area is 96.0 Å². The molecule has 6 nitrogen and oxygen atoms in total. The van der Waals surface area contributed by atoms with E-state index in [-0.39, 0.29) is 12.5 Å². The van der Waals surface area contributed by atoms with Gasteiger partial charge in [0.1, 0.15) is 22.4 Å². The van der Waals surface area contributed by atoms with Crippen LogP contribution in [0.5, 0.6) is 0 Å². The lowest BCUT2D eigenvalue weighted by atomic mass is 10.5. The summed E-state index contributed by atoms with van der Waals surface area (Å²) in [7, 11) is 3.34. The molecule has 3 N–H and O–H groups in total. The highest BCUT2D eigenvalue weighted by Crippen LogP contribution is 2.25. The second-order valence-corrected chi connectivity index (χ2v) is 3.45. The molecule has 15 heavy (non-hydrogen) atoms. The van der Waals surface area contributed by atoms with E-state index in [0.29, 0.717) is 16.1 Å². The average molecular weight is 274 g/mol. The first-order valence-electron chi connectivity index (χ1n) is 4.31. The third-order valence-electron chi connectivity index (χ3n) is 1.72. The standard InChI is InChI=1S/C8H12BrN5O/c1-10-5(15)3-12-8-6(9)7(11-2)13-4-14-8/h4H,3H2,1-2H3,(H,10,15)(H2,11,12,13,14).